The molecule has 0 unspecified atom stereocenters. The summed E-state index contributed by atoms with van der Waals surface area (Å²) in [5, 5.41) is 3.07. The van der Waals surface area contributed by atoms with Crippen molar-refractivity contribution in [2.45, 2.75) is 13.8 Å². The van der Waals surface area contributed by atoms with Crippen molar-refractivity contribution in [2.75, 3.05) is 23.8 Å². The van der Waals surface area contributed by atoms with Gasteiger partial charge in [0.1, 0.15) is 11.6 Å². The third-order valence-corrected chi connectivity index (χ3v) is 2.90. The Morgan fingerprint density at radius 1 is 1.17 bits per heavy atom. The number of aromatic nitrogens is 1. The van der Waals surface area contributed by atoms with Crippen LogP contribution in [0.1, 0.15) is 12.5 Å². The van der Waals surface area contributed by atoms with Crippen LogP contribution in [-0.2, 0) is 0 Å². The average Bonchev–Trinajstić information content (AvgIpc) is 2.40. The van der Waals surface area contributed by atoms with Crippen LogP contribution in [0, 0.1) is 6.92 Å². The fourth-order valence-corrected chi connectivity index (χ4v) is 1.99. The van der Waals surface area contributed by atoms with Crippen molar-refractivity contribution < 1.29 is 0 Å². The van der Waals surface area contributed by atoms with Crippen molar-refractivity contribution >= 4 is 17.3 Å². The highest BCUT2D eigenvalue weighted by Gasteiger charge is 2.08. The molecule has 3 nitrogen and oxygen atoms in total. The summed E-state index contributed by atoms with van der Waals surface area (Å²) in [5.74, 6) is 1.86. The maximum atomic E-state index is 4.58. The van der Waals surface area contributed by atoms with Gasteiger partial charge in [0.2, 0.25) is 0 Å². The first-order valence-corrected chi connectivity index (χ1v) is 6.23. The zero-order valence-corrected chi connectivity index (χ0v) is 11.1. The highest BCUT2D eigenvalue weighted by Crippen LogP contribution is 2.24. The number of nitrogens with one attached hydrogen (secondary N) is 1. The maximum absolute atomic E-state index is 4.58. The predicted molar refractivity (Wildman–Crippen MR) is 77.6 cm³/mol. The van der Waals surface area contributed by atoms with Crippen molar-refractivity contribution in [3.8, 4) is 0 Å². The Morgan fingerprint density at radius 2 is 1.94 bits per heavy atom. The van der Waals surface area contributed by atoms with E-state index in [2.05, 4.69) is 53.3 Å². The van der Waals surface area contributed by atoms with Gasteiger partial charge in [-0.3, -0.25) is 0 Å². The number of hydrogen-bond donors (Lipinski definition) is 1. The fourth-order valence-electron chi connectivity index (χ4n) is 1.99. The number of rotatable bonds is 4. The summed E-state index contributed by atoms with van der Waals surface area (Å²) in [6.07, 6.45) is 0. The van der Waals surface area contributed by atoms with E-state index in [4.69, 9.17) is 0 Å². The minimum Gasteiger partial charge on any atom is -0.373 e. The van der Waals surface area contributed by atoms with E-state index >= 15 is 0 Å². The van der Waals surface area contributed by atoms with Gasteiger partial charge < -0.3 is 10.2 Å². The van der Waals surface area contributed by atoms with E-state index in [-0.39, 0.29) is 0 Å². The molecular formula is C15H19N3. The monoisotopic (exact) mass is 241 g/mol. The van der Waals surface area contributed by atoms with Gasteiger partial charge in [0.15, 0.2) is 0 Å². The van der Waals surface area contributed by atoms with E-state index < -0.39 is 0 Å². The lowest BCUT2D eigenvalue weighted by Gasteiger charge is -2.23. The Hall–Kier alpha value is -2.03. The van der Waals surface area contributed by atoms with E-state index in [0.717, 1.165) is 18.2 Å². The van der Waals surface area contributed by atoms with Crippen molar-refractivity contribution in [2.24, 2.45) is 0 Å². The molecule has 0 atom stereocenters. The predicted octanol–water partition coefficient (Wildman–Crippen LogP) is 3.59. The smallest absolute Gasteiger partial charge is 0.135 e. The Balaban J connectivity index is 2.38. The summed E-state index contributed by atoms with van der Waals surface area (Å²) in [4.78, 5) is 6.79. The van der Waals surface area contributed by atoms with Gasteiger partial charge in [0.05, 0.1) is 0 Å². The van der Waals surface area contributed by atoms with Gasteiger partial charge in [0.25, 0.3) is 0 Å². The van der Waals surface area contributed by atoms with Gasteiger partial charge >= 0.3 is 0 Å². The molecular weight excluding hydrogens is 222 g/mol. The van der Waals surface area contributed by atoms with Gasteiger partial charge in [-0.15, -0.1) is 0 Å². The highest BCUT2D eigenvalue weighted by atomic mass is 15.2. The number of hydrogen-bond acceptors (Lipinski definition) is 3. The van der Waals surface area contributed by atoms with E-state index in [0.29, 0.717) is 0 Å². The van der Waals surface area contributed by atoms with E-state index in [1.807, 2.05) is 25.2 Å². The molecule has 2 rings (SSSR count). The molecule has 1 N–H and O–H groups in total. The molecule has 0 saturated carbocycles. The van der Waals surface area contributed by atoms with Crippen LogP contribution in [0.25, 0.3) is 0 Å². The lowest BCUT2D eigenvalue weighted by atomic mass is 10.2. The standard InChI is InChI=1S/C15H19N3/c1-4-18(13-8-5-7-12(2)11-13)15-10-6-9-14(16-3)17-15/h5-11H,4H2,1-3H3,(H,16,17). The number of aryl methyl sites for hydroxylation is 1. The van der Waals surface area contributed by atoms with Gasteiger partial charge in [-0.2, -0.15) is 0 Å². The Morgan fingerprint density at radius 3 is 2.61 bits per heavy atom. The maximum Gasteiger partial charge on any atom is 0.135 e. The number of benzene rings is 1. The first-order chi connectivity index (χ1) is 8.74. The average molecular weight is 241 g/mol. The highest BCUT2D eigenvalue weighted by molar-refractivity contribution is 5.62. The second-order valence-electron chi connectivity index (χ2n) is 4.21. The van der Waals surface area contributed by atoms with Crippen molar-refractivity contribution in [1.29, 1.82) is 0 Å². The first-order valence-electron chi connectivity index (χ1n) is 6.23. The molecule has 2 aromatic rings. The summed E-state index contributed by atoms with van der Waals surface area (Å²) in [6.45, 7) is 5.13. The molecule has 0 aliphatic heterocycles. The third kappa shape index (κ3) is 2.62. The zero-order valence-electron chi connectivity index (χ0n) is 11.1. The summed E-state index contributed by atoms with van der Waals surface area (Å²) in [5.41, 5.74) is 2.44. The molecule has 94 valence electrons. The van der Waals surface area contributed by atoms with Crippen LogP contribution >= 0.6 is 0 Å². The lowest BCUT2D eigenvalue weighted by Crippen LogP contribution is -2.17. The SMILES string of the molecule is CCN(c1cccc(C)c1)c1cccc(NC)n1. The van der Waals surface area contributed by atoms with Gasteiger partial charge in [0, 0.05) is 19.3 Å². The van der Waals surface area contributed by atoms with E-state index in [1.165, 1.54) is 11.3 Å². The molecule has 1 heterocycles. The summed E-state index contributed by atoms with van der Waals surface area (Å²) in [6, 6.07) is 14.5. The van der Waals surface area contributed by atoms with Crippen LogP contribution in [0.3, 0.4) is 0 Å². The van der Waals surface area contributed by atoms with Crippen LogP contribution in [0.2, 0.25) is 0 Å². The Kier molecular flexibility index (Phi) is 3.82. The molecule has 0 bridgehead atoms. The van der Waals surface area contributed by atoms with Crippen molar-refractivity contribution in [3.63, 3.8) is 0 Å². The van der Waals surface area contributed by atoms with E-state index in [9.17, 15) is 0 Å². The van der Waals surface area contributed by atoms with Gasteiger partial charge in [-0.05, 0) is 43.7 Å². The summed E-state index contributed by atoms with van der Waals surface area (Å²) >= 11 is 0. The molecule has 0 aliphatic carbocycles. The third-order valence-electron chi connectivity index (χ3n) is 2.90. The largest absolute Gasteiger partial charge is 0.373 e. The Labute approximate surface area is 108 Å². The molecule has 0 amide bonds. The summed E-state index contributed by atoms with van der Waals surface area (Å²) in [7, 11) is 1.88. The van der Waals surface area contributed by atoms with Crippen LogP contribution in [-0.4, -0.2) is 18.6 Å². The molecule has 1 aromatic carbocycles. The van der Waals surface area contributed by atoms with Crippen LogP contribution in [0.15, 0.2) is 42.5 Å². The van der Waals surface area contributed by atoms with Crippen LogP contribution in [0.4, 0.5) is 17.3 Å². The topological polar surface area (TPSA) is 28.2 Å². The number of pyridine rings is 1. The lowest BCUT2D eigenvalue weighted by molar-refractivity contribution is 0.989. The molecule has 3 heteroatoms. The number of anilines is 3. The zero-order chi connectivity index (χ0) is 13.0. The molecule has 0 aliphatic rings. The second-order valence-corrected chi connectivity index (χ2v) is 4.21. The van der Waals surface area contributed by atoms with Crippen molar-refractivity contribution in [1.82, 2.24) is 4.98 Å². The van der Waals surface area contributed by atoms with Gasteiger partial charge in [-0.25, -0.2) is 4.98 Å². The molecule has 0 saturated heterocycles. The molecule has 0 radical (unpaired) electrons. The fraction of sp³-hybridized carbons (Fsp3) is 0.267. The molecule has 0 fully saturated rings. The van der Waals surface area contributed by atoms with Gasteiger partial charge in [-0.1, -0.05) is 18.2 Å². The van der Waals surface area contributed by atoms with E-state index in [1.54, 1.807) is 0 Å². The second kappa shape index (κ2) is 5.54. The number of nitrogens with zero attached hydrogens (tertiary/aromatic N) is 2. The molecule has 18 heavy (non-hydrogen) atoms. The van der Waals surface area contributed by atoms with Crippen LogP contribution < -0.4 is 10.2 Å². The normalized spacial score (nSPS) is 10.2. The van der Waals surface area contributed by atoms with Crippen molar-refractivity contribution in [3.05, 3.63) is 48.0 Å². The van der Waals surface area contributed by atoms with Crippen LogP contribution in [0.5, 0.6) is 0 Å². The first kappa shape index (κ1) is 12.4. The molecule has 1 aromatic heterocycles. The minimum atomic E-state index is 0.888. The summed E-state index contributed by atoms with van der Waals surface area (Å²) < 4.78 is 0. The Bertz CT molecular complexity index is 523. The quantitative estimate of drug-likeness (QED) is 0.886. The minimum absolute atomic E-state index is 0.888. The molecule has 0 spiro atoms.